The van der Waals surface area contributed by atoms with E-state index in [1.807, 2.05) is 32.9 Å². The number of hydrogen-bond acceptors (Lipinski definition) is 4. The summed E-state index contributed by atoms with van der Waals surface area (Å²) in [5.74, 6) is 0. The van der Waals surface area contributed by atoms with Gasteiger partial charge in [0, 0.05) is 25.0 Å². The first-order valence-electron chi connectivity index (χ1n) is 6.10. The van der Waals surface area contributed by atoms with Crippen LogP contribution in [0.5, 0.6) is 0 Å². The van der Waals surface area contributed by atoms with Crippen LogP contribution >= 0.6 is 0 Å². The van der Waals surface area contributed by atoms with Crippen molar-refractivity contribution in [3.05, 3.63) is 48.0 Å². The molecule has 0 N–H and O–H groups in total. The monoisotopic (exact) mass is 259 g/mol. The zero-order valence-corrected chi connectivity index (χ0v) is 11.3. The van der Waals surface area contributed by atoms with Gasteiger partial charge in [-0.15, -0.1) is 0 Å². The maximum absolute atomic E-state index is 11.8. The van der Waals surface area contributed by atoms with Crippen molar-refractivity contribution < 1.29 is 9.53 Å². The Morgan fingerprint density at radius 2 is 1.95 bits per heavy atom. The van der Waals surface area contributed by atoms with Gasteiger partial charge >= 0.3 is 6.09 Å². The van der Waals surface area contributed by atoms with Crippen molar-refractivity contribution in [3.8, 4) is 0 Å². The van der Waals surface area contributed by atoms with Crippen molar-refractivity contribution in [1.82, 2.24) is 14.8 Å². The van der Waals surface area contributed by atoms with Gasteiger partial charge in [-0.3, -0.25) is 4.98 Å². The van der Waals surface area contributed by atoms with Gasteiger partial charge in [0.2, 0.25) is 0 Å². The Labute approximate surface area is 112 Å². The second-order valence-corrected chi connectivity index (χ2v) is 5.31. The van der Waals surface area contributed by atoms with Crippen molar-refractivity contribution >= 4 is 6.09 Å². The second-order valence-electron chi connectivity index (χ2n) is 5.31. The number of carbonyl (C=O) groups excluding carboxylic acids is 1. The van der Waals surface area contributed by atoms with Crippen LogP contribution in [0.25, 0.3) is 0 Å². The van der Waals surface area contributed by atoms with Crippen molar-refractivity contribution in [3.63, 3.8) is 0 Å². The van der Waals surface area contributed by atoms with Gasteiger partial charge in [0.05, 0.1) is 6.20 Å². The molecule has 2 heterocycles. The molecule has 100 valence electrons. The fourth-order valence-electron chi connectivity index (χ4n) is 1.60. The molecule has 0 aliphatic rings. The van der Waals surface area contributed by atoms with E-state index in [2.05, 4.69) is 10.1 Å². The zero-order valence-electron chi connectivity index (χ0n) is 11.3. The Morgan fingerprint density at radius 1 is 1.26 bits per heavy atom. The van der Waals surface area contributed by atoms with Crippen LogP contribution in [0.3, 0.4) is 0 Å². The van der Waals surface area contributed by atoms with Gasteiger partial charge in [0.15, 0.2) is 0 Å². The first-order valence-corrected chi connectivity index (χ1v) is 6.10. The molecule has 0 aliphatic heterocycles. The maximum atomic E-state index is 11.8. The average molecular weight is 259 g/mol. The summed E-state index contributed by atoms with van der Waals surface area (Å²) in [4.78, 5) is 15.8. The highest BCUT2D eigenvalue weighted by atomic mass is 16.6. The van der Waals surface area contributed by atoms with Crippen molar-refractivity contribution in [2.45, 2.75) is 32.8 Å². The van der Waals surface area contributed by atoms with Crippen LogP contribution in [0.4, 0.5) is 4.79 Å². The summed E-state index contributed by atoms with van der Waals surface area (Å²) in [7, 11) is 0. The molecule has 0 radical (unpaired) electrons. The lowest BCUT2D eigenvalue weighted by atomic mass is 10.1. The SMILES string of the molecule is CC(C)(C)OC(=O)n1cc(Cc2ccncc2)cn1. The number of aromatic nitrogens is 3. The van der Waals surface area contributed by atoms with Crippen molar-refractivity contribution in [1.29, 1.82) is 0 Å². The van der Waals surface area contributed by atoms with Crippen LogP contribution in [0.1, 0.15) is 31.9 Å². The number of hydrogen-bond donors (Lipinski definition) is 0. The van der Waals surface area contributed by atoms with Gasteiger partial charge in [-0.25, -0.2) is 4.79 Å². The molecular formula is C14H17N3O2. The lowest BCUT2D eigenvalue weighted by Gasteiger charge is -2.18. The topological polar surface area (TPSA) is 57.0 Å². The third-order valence-corrected chi connectivity index (χ3v) is 2.37. The van der Waals surface area contributed by atoms with Gasteiger partial charge in [-0.05, 0) is 44.0 Å². The number of rotatable bonds is 2. The van der Waals surface area contributed by atoms with Crippen LogP contribution in [-0.2, 0) is 11.2 Å². The molecule has 5 heteroatoms. The lowest BCUT2D eigenvalue weighted by molar-refractivity contribution is 0.0514. The number of carbonyl (C=O) groups is 1. The fraction of sp³-hybridized carbons (Fsp3) is 0.357. The van der Waals surface area contributed by atoms with Crippen LogP contribution in [-0.4, -0.2) is 26.5 Å². The Hall–Kier alpha value is -2.17. The van der Waals surface area contributed by atoms with E-state index in [1.165, 1.54) is 4.68 Å². The molecule has 0 unspecified atom stereocenters. The quantitative estimate of drug-likeness (QED) is 0.832. The summed E-state index contributed by atoms with van der Waals surface area (Å²) in [6.07, 6.45) is 7.10. The molecule has 0 atom stereocenters. The summed E-state index contributed by atoms with van der Waals surface area (Å²) >= 11 is 0. The number of nitrogens with zero attached hydrogens (tertiary/aromatic N) is 3. The van der Waals surface area contributed by atoms with Crippen LogP contribution in [0.2, 0.25) is 0 Å². The van der Waals surface area contributed by atoms with Gasteiger partial charge in [0.25, 0.3) is 0 Å². The minimum atomic E-state index is -0.520. The van der Waals surface area contributed by atoms with E-state index in [1.54, 1.807) is 24.8 Å². The van der Waals surface area contributed by atoms with E-state index in [-0.39, 0.29) is 0 Å². The molecule has 5 nitrogen and oxygen atoms in total. The molecule has 0 fully saturated rings. The van der Waals surface area contributed by atoms with Gasteiger partial charge in [-0.2, -0.15) is 9.78 Å². The number of pyridine rings is 1. The highest BCUT2D eigenvalue weighted by molar-refractivity contribution is 5.69. The molecule has 0 spiro atoms. The van der Waals surface area contributed by atoms with E-state index >= 15 is 0 Å². The normalized spacial score (nSPS) is 11.3. The Balaban J connectivity index is 2.05. The summed E-state index contributed by atoms with van der Waals surface area (Å²) in [5.41, 5.74) is 1.56. The van der Waals surface area contributed by atoms with Crippen LogP contribution in [0.15, 0.2) is 36.9 Å². The zero-order chi connectivity index (χ0) is 13.9. The summed E-state index contributed by atoms with van der Waals surface area (Å²) in [6.45, 7) is 5.48. The van der Waals surface area contributed by atoms with Gasteiger partial charge in [0.1, 0.15) is 5.60 Å². The Bertz CT molecular complexity index is 556. The molecule has 2 aromatic heterocycles. The molecule has 0 bridgehead atoms. The molecule has 0 aliphatic carbocycles. The third kappa shape index (κ3) is 3.91. The first kappa shape index (κ1) is 13.3. The largest absolute Gasteiger partial charge is 0.442 e. The molecule has 2 rings (SSSR count). The number of ether oxygens (including phenoxy) is 1. The minimum Gasteiger partial charge on any atom is -0.442 e. The van der Waals surface area contributed by atoms with E-state index in [0.29, 0.717) is 6.42 Å². The van der Waals surface area contributed by atoms with Crippen molar-refractivity contribution in [2.75, 3.05) is 0 Å². The molecule has 0 saturated heterocycles. The highest BCUT2D eigenvalue weighted by Crippen LogP contribution is 2.11. The average Bonchev–Trinajstić information content (AvgIpc) is 2.77. The highest BCUT2D eigenvalue weighted by Gasteiger charge is 2.18. The minimum absolute atomic E-state index is 0.464. The first-order chi connectivity index (χ1) is 8.94. The lowest BCUT2D eigenvalue weighted by Crippen LogP contribution is -2.27. The Kier molecular flexibility index (Phi) is 3.64. The predicted molar refractivity (Wildman–Crippen MR) is 70.9 cm³/mol. The van der Waals surface area contributed by atoms with Crippen molar-refractivity contribution in [2.24, 2.45) is 0 Å². The molecule has 19 heavy (non-hydrogen) atoms. The van der Waals surface area contributed by atoms with E-state index in [0.717, 1.165) is 11.1 Å². The summed E-state index contributed by atoms with van der Waals surface area (Å²) in [6, 6.07) is 3.87. The maximum Gasteiger partial charge on any atom is 0.435 e. The summed E-state index contributed by atoms with van der Waals surface area (Å²) < 4.78 is 6.46. The summed E-state index contributed by atoms with van der Waals surface area (Å²) in [5, 5.41) is 4.02. The molecular weight excluding hydrogens is 242 g/mol. The van der Waals surface area contributed by atoms with Crippen LogP contribution in [0, 0.1) is 0 Å². The molecule has 0 aromatic carbocycles. The van der Waals surface area contributed by atoms with Gasteiger partial charge in [-0.1, -0.05) is 0 Å². The van der Waals surface area contributed by atoms with E-state index < -0.39 is 11.7 Å². The third-order valence-electron chi connectivity index (χ3n) is 2.37. The molecule has 0 saturated carbocycles. The van der Waals surface area contributed by atoms with E-state index in [9.17, 15) is 4.79 Å². The van der Waals surface area contributed by atoms with Crippen LogP contribution < -0.4 is 0 Å². The van der Waals surface area contributed by atoms with E-state index in [4.69, 9.17) is 4.74 Å². The van der Waals surface area contributed by atoms with Gasteiger partial charge < -0.3 is 4.74 Å². The smallest absolute Gasteiger partial charge is 0.435 e. The Morgan fingerprint density at radius 3 is 2.58 bits per heavy atom. The second kappa shape index (κ2) is 5.22. The molecule has 2 aromatic rings. The standard InChI is InChI=1S/C14H17N3O2/c1-14(2,3)19-13(18)17-10-12(9-16-17)8-11-4-6-15-7-5-11/h4-7,9-10H,8H2,1-3H3. The fourth-order valence-corrected chi connectivity index (χ4v) is 1.60. The predicted octanol–water partition coefficient (Wildman–Crippen LogP) is 2.65. The molecule has 0 amide bonds.